The number of carbonyl (C=O) groups excluding carboxylic acids is 2. The van der Waals surface area contributed by atoms with Gasteiger partial charge < -0.3 is 5.73 Å². The second-order valence-corrected chi connectivity index (χ2v) is 2.04. The molecule has 10 heavy (non-hydrogen) atoms. The van der Waals surface area contributed by atoms with Gasteiger partial charge in [0, 0.05) is 0 Å². The molecule has 1 aliphatic carbocycles. The number of rotatable bonds is 0. The maximum atomic E-state index is 10.6. The molecule has 0 atom stereocenters. The van der Waals surface area contributed by atoms with Crippen molar-refractivity contribution in [1.29, 1.82) is 5.41 Å². The summed E-state index contributed by atoms with van der Waals surface area (Å²) in [6, 6.07) is 0. The molecule has 0 spiro atoms. The van der Waals surface area contributed by atoms with Crippen molar-refractivity contribution >= 4 is 17.3 Å². The fraction of sp³-hybridized carbons (Fsp3) is 0.167. The Labute approximate surface area is 57.2 Å². The first-order valence-corrected chi connectivity index (χ1v) is 2.73. The molecular formula is C6H6N2O2. The molecule has 0 aromatic rings. The Morgan fingerprint density at radius 1 is 1.40 bits per heavy atom. The molecule has 52 valence electrons. The molecule has 0 amide bonds. The molecule has 1 rings (SSSR count). The van der Waals surface area contributed by atoms with E-state index in [1.54, 1.807) is 0 Å². The van der Waals surface area contributed by atoms with Crippen LogP contribution in [-0.4, -0.2) is 17.3 Å². The fourth-order valence-electron chi connectivity index (χ4n) is 0.660. The maximum absolute atomic E-state index is 10.6. The molecule has 0 saturated heterocycles. The summed E-state index contributed by atoms with van der Waals surface area (Å²) in [7, 11) is 0. The van der Waals surface area contributed by atoms with Gasteiger partial charge in [0.05, 0.1) is 17.8 Å². The third-order valence-corrected chi connectivity index (χ3v) is 1.24. The summed E-state index contributed by atoms with van der Waals surface area (Å²) in [6.45, 7) is 0. The molecule has 4 nitrogen and oxygen atoms in total. The molecule has 4 heteroatoms. The van der Waals surface area contributed by atoms with Crippen molar-refractivity contribution in [3.63, 3.8) is 0 Å². The third kappa shape index (κ3) is 0.953. The first kappa shape index (κ1) is 6.67. The highest BCUT2D eigenvalue weighted by Gasteiger charge is 2.20. The van der Waals surface area contributed by atoms with Crippen LogP contribution in [0.3, 0.4) is 0 Å². The average molecular weight is 138 g/mol. The van der Waals surface area contributed by atoms with E-state index < -0.39 is 5.78 Å². The summed E-state index contributed by atoms with van der Waals surface area (Å²) in [6.07, 6.45) is 0.843. The van der Waals surface area contributed by atoms with Crippen molar-refractivity contribution in [2.24, 2.45) is 5.73 Å². The van der Waals surface area contributed by atoms with Gasteiger partial charge in [0.15, 0.2) is 11.6 Å². The second-order valence-electron chi connectivity index (χ2n) is 2.04. The van der Waals surface area contributed by atoms with E-state index >= 15 is 0 Å². The highest BCUT2D eigenvalue weighted by Crippen LogP contribution is 2.03. The van der Waals surface area contributed by atoms with E-state index in [9.17, 15) is 9.59 Å². The zero-order chi connectivity index (χ0) is 7.72. The zero-order valence-electron chi connectivity index (χ0n) is 5.18. The lowest BCUT2D eigenvalue weighted by Crippen LogP contribution is -2.26. The number of nitrogens with one attached hydrogen (secondary N) is 1. The van der Waals surface area contributed by atoms with E-state index in [0.717, 1.165) is 6.08 Å². The minimum Gasteiger partial charge on any atom is -0.396 e. The molecule has 0 radical (unpaired) electrons. The molecule has 0 unspecified atom stereocenters. The molecule has 0 heterocycles. The Morgan fingerprint density at radius 2 is 2.00 bits per heavy atom. The van der Waals surface area contributed by atoms with Crippen LogP contribution in [0, 0.1) is 5.41 Å². The van der Waals surface area contributed by atoms with Gasteiger partial charge in [-0.3, -0.25) is 15.0 Å². The average Bonchev–Trinajstić information content (AvgIpc) is 1.84. The zero-order valence-corrected chi connectivity index (χ0v) is 5.18. The van der Waals surface area contributed by atoms with Crippen molar-refractivity contribution < 1.29 is 9.59 Å². The van der Waals surface area contributed by atoms with E-state index in [-0.39, 0.29) is 23.6 Å². The lowest BCUT2D eigenvalue weighted by Gasteiger charge is -2.05. The summed E-state index contributed by atoms with van der Waals surface area (Å²) in [5.41, 5.74) is 4.97. The Kier molecular flexibility index (Phi) is 1.37. The number of Topliss-reactive ketones (excluding diaryl/α,β-unsaturated/α-hetero) is 2. The smallest absolute Gasteiger partial charge is 0.188 e. The van der Waals surface area contributed by atoms with Crippen molar-refractivity contribution in [2.75, 3.05) is 0 Å². The molecular weight excluding hydrogens is 132 g/mol. The van der Waals surface area contributed by atoms with Crippen molar-refractivity contribution in [3.8, 4) is 0 Å². The highest BCUT2D eigenvalue weighted by molar-refractivity contribution is 6.49. The summed E-state index contributed by atoms with van der Waals surface area (Å²) < 4.78 is 0. The molecule has 0 aromatic carbocycles. The van der Waals surface area contributed by atoms with E-state index in [1.165, 1.54) is 0 Å². The predicted octanol–water partition coefficient (Wildman–Crippen LogP) is -0.609. The van der Waals surface area contributed by atoms with Crippen LogP contribution in [0.2, 0.25) is 0 Å². The highest BCUT2D eigenvalue weighted by atomic mass is 16.1. The van der Waals surface area contributed by atoms with Gasteiger partial charge in [-0.05, 0) is 6.08 Å². The van der Waals surface area contributed by atoms with Crippen LogP contribution in [0.1, 0.15) is 6.42 Å². The van der Waals surface area contributed by atoms with Crippen LogP contribution in [-0.2, 0) is 9.59 Å². The van der Waals surface area contributed by atoms with E-state index in [1.807, 2.05) is 0 Å². The molecule has 0 fully saturated rings. The quantitative estimate of drug-likeness (QED) is 0.438. The summed E-state index contributed by atoms with van der Waals surface area (Å²) >= 11 is 0. The van der Waals surface area contributed by atoms with Gasteiger partial charge in [-0.1, -0.05) is 0 Å². The number of hydrogen-bond donors (Lipinski definition) is 2. The lowest BCUT2D eigenvalue weighted by atomic mass is 10.0. The first-order chi connectivity index (χ1) is 4.61. The van der Waals surface area contributed by atoms with Crippen LogP contribution in [0.25, 0.3) is 0 Å². The predicted molar refractivity (Wildman–Crippen MR) is 34.6 cm³/mol. The van der Waals surface area contributed by atoms with Crippen molar-refractivity contribution in [1.82, 2.24) is 0 Å². The Bertz CT molecular complexity index is 252. The summed E-state index contributed by atoms with van der Waals surface area (Å²) in [5, 5.41) is 6.96. The molecule has 1 aliphatic rings. The monoisotopic (exact) mass is 138 g/mol. The van der Waals surface area contributed by atoms with Crippen LogP contribution in [0.4, 0.5) is 0 Å². The normalized spacial score (nSPS) is 19.2. The van der Waals surface area contributed by atoms with Gasteiger partial charge in [-0.2, -0.15) is 0 Å². The topological polar surface area (TPSA) is 84.0 Å². The summed E-state index contributed by atoms with van der Waals surface area (Å²) in [4.78, 5) is 21.2. The van der Waals surface area contributed by atoms with E-state index in [4.69, 9.17) is 11.1 Å². The number of carbonyl (C=O) groups is 2. The van der Waals surface area contributed by atoms with Gasteiger partial charge in [0.25, 0.3) is 0 Å². The number of hydrogen-bond acceptors (Lipinski definition) is 4. The Balaban J connectivity index is 3.01. The minimum absolute atomic E-state index is 0.00426. The van der Waals surface area contributed by atoms with Crippen molar-refractivity contribution in [3.05, 3.63) is 11.8 Å². The Morgan fingerprint density at radius 3 is 2.50 bits per heavy atom. The van der Waals surface area contributed by atoms with Crippen molar-refractivity contribution in [2.45, 2.75) is 6.42 Å². The first-order valence-electron chi connectivity index (χ1n) is 2.73. The molecule has 0 aromatic heterocycles. The molecule has 0 bridgehead atoms. The minimum atomic E-state index is -0.459. The number of ketones is 2. The van der Waals surface area contributed by atoms with Gasteiger partial charge in [-0.15, -0.1) is 0 Å². The Hall–Kier alpha value is -1.45. The number of allylic oxidation sites excluding steroid dienone is 2. The summed E-state index contributed by atoms with van der Waals surface area (Å²) in [5.74, 6) is -0.847. The standard InChI is InChI=1S/C6H6N2O2/c7-3-1-4(8)6(10)2-5(3)9/h1,7H,2,8H2. The van der Waals surface area contributed by atoms with Crippen LogP contribution >= 0.6 is 0 Å². The maximum Gasteiger partial charge on any atom is 0.188 e. The van der Waals surface area contributed by atoms with Crippen LogP contribution in [0.5, 0.6) is 0 Å². The van der Waals surface area contributed by atoms with E-state index in [0.29, 0.717) is 0 Å². The van der Waals surface area contributed by atoms with E-state index in [2.05, 4.69) is 0 Å². The van der Waals surface area contributed by atoms with Gasteiger partial charge in [0.1, 0.15) is 0 Å². The second kappa shape index (κ2) is 2.06. The van der Waals surface area contributed by atoms with Gasteiger partial charge in [-0.25, -0.2) is 0 Å². The van der Waals surface area contributed by atoms with Crippen LogP contribution < -0.4 is 5.73 Å². The largest absolute Gasteiger partial charge is 0.396 e. The molecule has 3 N–H and O–H groups in total. The lowest BCUT2D eigenvalue weighted by molar-refractivity contribution is -0.122. The SMILES string of the molecule is N=C1C=C(N)C(=O)CC1=O. The molecule has 0 saturated carbocycles. The van der Waals surface area contributed by atoms with Gasteiger partial charge in [0.2, 0.25) is 0 Å². The number of nitrogens with two attached hydrogens (primary N) is 1. The molecule has 0 aliphatic heterocycles. The fourth-order valence-corrected chi connectivity index (χ4v) is 0.660. The van der Waals surface area contributed by atoms with Gasteiger partial charge >= 0.3 is 0 Å². The van der Waals surface area contributed by atoms with Crippen LogP contribution in [0.15, 0.2) is 11.8 Å². The third-order valence-electron chi connectivity index (χ3n) is 1.24.